The molecule has 10 heteroatoms. The third kappa shape index (κ3) is 5.90. The Morgan fingerprint density at radius 2 is 1.83 bits per heavy atom. The Bertz CT molecular complexity index is 1650. The van der Waals surface area contributed by atoms with Crippen molar-refractivity contribution < 1.29 is 34.1 Å². The highest BCUT2D eigenvalue weighted by Crippen LogP contribution is 2.58. The van der Waals surface area contributed by atoms with Crippen LogP contribution in [0.1, 0.15) is 61.5 Å². The van der Waals surface area contributed by atoms with E-state index in [1.54, 1.807) is 61.1 Å². The predicted octanol–water partition coefficient (Wildman–Crippen LogP) is 4.49. The molecule has 6 rings (SSSR count). The van der Waals surface area contributed by atoms with Gasteiger partial charge >= 0.3 is 0 Å². The van der Waals surface area contributed by atoms with Crippen LogP contribution in [-0.4, -0.2) is 70.8 Å². The first-order valence-corrected chi connectivity index (χ1v) is 16.2. The van der Waals surface area contributed by atoms with Gasteiger partial charge in [0.15, 0.2) is 5.60 Å². The average molecular weight is 642 g/mol. The summed E-state index contributed by atoms with van der Waals surface area (Å²) >= 11 is 0. The Labute approximate surface area is 275 Å². The molecular weight excluding hydrogens is 598 g/mol. The molecule has 248 valence electrons. The third-order valence-electron chi connectivity index (χ3n) is 10.1. The molecule has 0 aliphatic carbocycles. The lowest BCUT2D eigenvalue weighted by Gasteiger charge is -2.34. The highest BCUT2D eigenvalue weighted by Gasteiger charge is 2.66. The van der Waals surface area contributed by atoms with E-state index in [9.17, 15) is 24.6 Å². The van der Waals surface area contributed by atoms with Gasteiger partial charge in [0.05, 0.1) is 50.1 Å². The van der Waals surface area contributed by atoms with E-state index in [0.717, 1.165) is 18.4 Å². The Morgan fingerprint density at radius 3 is 2.53 bits per heavy atom. The monoisotopic (exact) mass is 641 g/mol. The lowest BCUT2D eigenvalue weighted by molar-refractivity contribution is -0.150. The molecule has 0 unspecified atom stereocenters. The number of hydrogen-bond donors (Lipinski definition) is 3. The zero-order valence-corrected chi connectivity index (χ0v) is 27.3. The molecule has 0 bridgehead atoms. The van der Waals surface area contributed by atoms with E-state index in [4.69, 9.17) is 9.47 Å². The van der Waals surface area contributed by atoms with Crippen LogP contribution in [0.25, 0.3) is 0 Å². The second kappa shape index (κ2) is 12.7. The number of carbonyl (C=O) groups excluding carboxylic acids is 3. The molecule has 5 atom stereocenters. The normalized spacial score (nSPS) is 25.4. The van der Waals surface area contributed by atoms with Gasteiger partial charge in [0, 0.05) is 35.2 Å². The number of aliphatic hydroxyl groups is 2. The van der Waals surface area contributed by atoms with Gasteiger partial charge in [-0.15, -0.1) is 0 Å². The third-order valence-corrected chi connectivity index (χ3v) is 10.1. The van der Waals surface area contributed by atoms with Crippen LogP contribution in [0.2, 0.25) is 0 Å². The molecule has 3 aliphatic rings. The van der Waals surface area contributed by atoms with Gasteiger partial charge in [-0.05, 0) is 74.7 Å². The van der Waals surface area contributed by atoms with E-state index < -0.39 is 29.1 Å². The molecule has 3 N–H and O–H groups in total. The van der Waals surface area contributed by atoms with Crippen molar-refractivity contribution in [1.82, 2.24) is 4.90 Å². The standard InChI is InChI=1S/C37H43N3O7/c1-23-33(36(2,3)45)31(20-32(42)39-18-8-11-27(39)22-41)47-37(23)29-12-5-6-13-30(29)40(35(37)44)21-24-9-7-10-26(19-24)38-34(43)25-14-16-28(46-4)17-15-25/h5-7,9-10,12-17,19,23,27,31,33,41,45H,8,11,18,20-22H2,1-4H3,(H,38,43)/t23-,27-,31+,33-,37+/m0/s1. The zero-order chi connectivity index (χ0) is 33.5. The molecule has 0 saturated carbocycles. The van der Waals surface area contributed by atoms with E-state index in [-0.39, 0.29) is 43.3 Å². The number of hydrogen-bond acceptors (Lipinski definition) is 7. The number of anilines is 2. The number of carbonyl (C=O) groups is 3. The first-order chi connectivity index (χ1) is 22.5. The quantitative estimate of drug-likeness (QED) is 0.314. The fraction of sp³-hybridized carbons (Fsp3) is 0.432. The molecule has 3 aliphatic heterocycles. The zero-order valence-electron chi connectivity index (χ0n) is 27.3. The summed E-state index contributed by atoms with van der Waals surface area (Å²) < 4.78 is 12.0. The van der Waals surface area contributed by atoms with Gasteiger partial charge in [-0.1, -0.05) is 37.3 Å². The second-order valence-corrected chi connectivity index (χ2v) is 13.4. The van der Waals surface area contributed by atoms with Crippen molar-refractivity contribution in [3.05, 3.63) is 89.5 Å². The summed E-state index contributed by atoms with van der Waals surface area (Å²) in [5.41, 5.74) is 0.659. The molecule has 2 saturated heterocycles. The number of fused-ring (bicyclic) bond motifs is 2. The van der Waals surface area contributed by atoms with Crippen molar-refractivity contribution >= 4 is 29.1 Å². The number of nitrogens with zero attached hydrogens (tertiary/aromatic N) is 2. The van der Waals surface area contributed by atoms with E-state index in [2.05, 4.69) is 5.32 Å². The molecular formula is C37H43N3O7. The SMILES string of the molecule is COc1ccc(C(=O)Nc2cccc(CN3C(=O)[C@]4(O[C@H](CC(=O)N5CCC[C@H]5CO)[C@@H](C(C)(C)O)[C@@H]4C)c4ccccc43)c2)cc1. The summed E-state index contributed by atoms with van der Waals surface area (Å²) in [6, 6.07) is 21.5. The maximum atomic E-state index is 14.7. The van der Waals surface area contributed by atoms with Crippen LogP contribution in [0.3, 0.4) is 0 Å². The molecule has 1 spiro atoms. The smallest absolute Gasteiger partial charge is 0.264 e. The number of amides is 3. The molecule has 3 heterocycles. The number of para-hydroxylation sites is 1. The minimum atomic E-state index is -1.40. The van der Waals surface area contributed by atoms with Gasteiger partial charge in [0.2, 0.25) is 5.91 Å². The minimum Gasteiger partial charge on any atom is -0.497 e. The lowest BCUT2D eigenvalue weighted by Crippen LogP contribution is -2.46. The molecule has 3 aromatic carbocycles. The number of nitrogens with one attached hydrogen (secondary N) is 1. The molecule has 0 radical (unpaired) electrons. The molecule has 3 aromatic rings. The van der Waals surface area contributed by atoms with Crippen LogP contribution in [0.15, 0.2) is 72.8 Å². The van der Waals surface area contributed by atoms with Crippen molar-refractivity contribution in [3.8, 4) is 5.75 Å². The lowest BCUT2D eigenvalue weighted by atomic mass is 9.71. The number of likely N-dealkylation sites (tertiary alicyclic amines) is 1. The topological polar surface area (TPSA) is 129 Å². The van der Waals surface area contributed by atoms with Gasteiger partial charge in [-0.25, -0.2) is 0 Å². The molecule has 3 amide bonds. The minimum absolute atomic E-state index is 0.00261. The number of rotatable bonds is 9. The van der Waals surface area contributed by atoms with Gasteiger partial charge in [0.25, 0.3) is 11.8 Å². The average Bonchev–Trinajstić information content (AvgIpc) is 3.72. The summed E-state index contributed by atoms with van der Waals surface area (Å²) in [4.78, 5) is 44.5. The number of aliphatic hydroxyl groups excluding tert-OH is 1. The number of methoxy groups -OCH3 is 1. The van der Waals surface area contributed by atoms with Crippen LogP contribution < -0.4 is 15.0 Å². The van der Waals surface area contributed by atoms with Crippen molar-refractivity contribution in [2.75, 3.05) is 30.5 Å². The summed E-state index contributed by atoms with van der Waals surface area (Å²) in [6.45, 7) is 6.03. The summed E-state index contributed by atoms with van der Waals surface area (Å²) in [7, 11) is 1.57. The maximum absolute atomic E-state index is 14.7. The van der Waals surface area contributed by atoms with E-state index in [0.29, 0.717) is 34.8 Å². The molecule has 0 aromatic heterocycles. The Kier molecular flexibility index (Phi) is 8.86. The highest BCUT2D eigenvalue weighted by molar-refractivity contribution is 6.08. The van der Waals surface area contributed by atoms with Crippen LogP contribution in [-0.2, 0) is 26.5 Å². The van der Waals surface area contributed by atoms with Crippen LogP contribution in [0, 0.1) is 11.8 Å². The van der Waals surface area contributed by atoms with Crippen molar-refractivity contribution in [3.63, 3.8) is 0 Å². The summed E-state index contributed by atoms with van der Waals surface area (Å²) in [6.07, 6.45) is 0.856. The summed E-state index contributed by atoms with van der Waals surface area (Å²) in [5, 5.41) is 24.2. The van der Waals surface area contributed by atoms with Gasteiger partial charge in [-0.2, -0.15) is 0 Å². The number of benzene rings is 3. The highest BCUT2D eigenvalue weighted by atomic mass is 16.5. The Morgan fingerprint density at radius 1 is 1.09 bits per heavy atom. The molecule has 47 heavy (non-hydrogen) atoms. The van der Waals surface area contributed by atoms with E-state index in [1.165, 1.54) is 0 Å². The van der Waals surface area contributed by atoms with E-state index in [1.807, 2.05) is 49.4 Å². The number of ether oxygens (including phenoxy) is 2. The van der Waals surface area contributed by atoms with Crippen LogP contribution >= 0.6 is 0 Å². The van der Waals surface area contributed by atoms with Crippen LogP contribution in [0.5, 0.6) is 5.75 Å². The second-order valence-electron chi connectivity index (χ2n) is 13.4. The van der Waals surface area contributed by atoms with Crippen molar-refractivity contribution in [2.24, 2.45) is 11.8 Å². The van der Waals surface area contributed by atoms with Gasteiger partial charge < -0.3 is 34.8 Å². The molecule has 10 nitrogen and oxygen atoms in total. The fourth-order valence-electron chi connectivity index (χ4n) is 7.91. The van der Waals surface area contributed by atoms with Gasteiger partial charge in [-0.3, -0.25) is 14.4 Å². The maximum Gasteiger partial charge on any atom is 0.264 e. The van der Waals surface area contributed by atoms with E-state index >= 15 is 0 Å². The fourth-order valence-corrected chi connectivity index (χ4v) is 7.91. The van der Waals surface area contributed by atoms with Crippen LogP contribution in [0.4, 0.5) is 11.4 Å². The first-order valence-electron chi connectivity index (χ1n) is 16.2. The first kappa shape index (κ1) is 32.7. The molecule has 2 fully saturated rings. The van der Waals surface area contributed by atoms with Gasteiger partial charge in [0.1, 0.15) is 5.75 Å². The summed E-state index contributed by atoms with van der Waals surface area (Å²) in [5.74, 6) is -0.980. The predicted molar refractivity (Wildman–Crippen MR) is 177 cm³/mol. The Hall–Kier alpha value is -4.25. The van der Waals surface area contributed by atoms with Crippen molar-refractivity contribution in [2.45, 2.75) is 69.9 Å². The van der Waals surface area contributed by atoms with Crippen molar-refractivity contribution in [1.29, 1.82) is 0 Å². The Balaban J connectivity index is 1.27. The largest absolute Gasteiger partial charge is 0.497 e.